The van der Waals surface area contributed by atoms with Crippen molar-refractivity contribution in [3.8, 4) is 5.75 Å². The van der Waals surface area contributed by atoms with Crippen molar-refractivity contribution in [3.05, 3.63) is 54.1 Å². The molecular formula is C16H13N3O3. The Bertz CT molecular complexity index is 742. The monoisotopic (exact) mass is 295 g/mol. The summed E-state index contributed by atoms with van der Waals surface area (Å²) in [6.07, 6.45) is 7.05. The lowest BCUT2D eigenvalue weighted by Gasteiger charge is -2.20. The molecule has 1 aromatic rings. The maximum Gasteiger partial charge on any atom is 0.280 e. The molecule has 0 spiro atoms. The number of nitrogens with zero attached hydrogens (tertiary/aromatic N) is 2. The molecule has 3 rings (SSSR count). The van der Waals surface area contributed by atoms with Gasteiger partial charge in [-0.1, -0.05) is 18.2 Å². The van der Waals surface area contributed by atoms with E-state index in [4.69, 9.17) is 4.74 Å². The van der Waals surface area contributed by atoms with Crippen molar-refractivity contribution in [2.45, 2.75) is 0 Å². The van der Waals surface area contributed by atoms with Gasteiger partial charge in [-0.15, -0.1) is 0 Å². The fraction of sp³-hybridized carbons (Fsp3) is 0.125. The van der Waals surface area contributed by atoms with Crippen molar-refractivity contribution in [2.75, 3.05) is 7.11 Å². The summed E-state index contributed by atoms with van der Waals surface area (Å²) in [4.78, 5) is 32.1. The van der Waals surface area contributed by atoms with E-state index < -0.39 is 11.8 Å². The second-order valence-corrected chi connectivity index (χ2v) is 4.72. The second kappa shape index (κ2) is 5.77. The molecule has 1 aromatic carbocycles. The summed E-state index contributed by atoms with van der Waals surface area (Å²) in [5, 5.41) is 2.53. The van der Waals surface area contributed by atoms with E-state index >= 15 is 0 Å². The van der Waals surface area contributed by atoms with Gasteiger partial charge in [0.15, 0.2) is 0 Å². The number of fused-ring (bicyclic) bond motifs is 1. The lowest BCUT2D eigenvalue weighted by atomic mass is 9.96. The third-order valence-electron chi connectivity index (χ3n) is 3.30. The molecule has 0 radical (unpaired) electrons. The van der Waals surface area contributed by atoms with Gasteiger partial charge in [0.25, 0.3) is 5.91 Å². The van der Waals surface area contributed by atoms with Crippen molar-refractivity contribution < 1.29 is 14.3 Å². The molecule has 1 unspecified atom stereocenters. The number of carbonyl (C=O) groups excluding carboxylic acids is 2. The molecule has 2 aliphatic rings. The average molecular weight is 295 g/mol. The highest BCUT2D eigenvalue weighted by atomic mass is 16.5. The van der Waals surface area contributed by atoms with Crippen molar-refractivity contribution in [1.82, 2.24) is 5.32 Å². The van der Waals surface area contributed by atoms with Crippen molar-refractivity contribution in [1.29, 1.82) is 0 Å². The Morgan fingerprint density at radius 1 is 1.27 bits per heavy atom. The predicted octanol–water partition coefficient (Wildman–Crippen LogP) is 1.50. The number of hydrogen-bond acceptors (Lipinski definition) is 3. The van der Waals surface area contributed by atoms with Crippen LogP contribution in [0.5, 0.6) is 5.75 Å². The second-order valence-electron chi connectivity index (χ2n) is 4.72. The van der Waals surface area contributed by atoms with E-state index in [1.54, 1.807) is 55.7 Å². The third kappa shape index (κ3) is 2.71. The zero-order chi connectivity index (χ0) is 15.5. The number of nitrogens with one attached hydrogen (secondary N) is 1. The van der Waals surface area contributed by atoms with Crippen LogP contribution in [0.25, 0.3) is 0 Å². The summed E-state index contributed by atoms with van der Waals surface area (Å²) in [6, 6.07) is 6.55. The number of allylic oxidation sites excluding steroid dienone is 3. The summed E-state index contributed by atoms with van der Waals surface area (Å²) in [6.45, 7) is 0. The van der Waals surface area contributed by atoms with Crippen LogP contribution in [0.4, 0.5) is 0 Å². The molecule has 0 aromatic heterocycles. The van der Waals surface area contributed by atoms with Gasteiger partial charge in [0.1, 0.15) is 5.75 Å². The summed E-state index contributed by atoms with van der Waals surface area (Å²) in [5.74, 6) is -0.475. The minimum atomic E-state index is -0.476. The third-order valence-corrected chi connectivity index (χ3v) is 3.30. The predicted molar refractivity (Wildman–Crippen MR) is 82.1 cm³/mol. The van der Waals surface area contributed by atoms with E-state index in [-0.39, 0.29) is 11.9 Å². The first-order valence-corrected chi connectivity index (χ1v) is 6.69. The zero-order valence-corrected chi connectivity index (χ0v) is 11.8. The quantitative estimate of drug-likeness (QED) is 0.898. The number of carbonyl (C=O) groups is 2. The molecule has 22 heavy (non-hydrogen) atoms. The molecule has 0 fully saturated rings. The van der Waals surface area contributed by atoms with Gasteiger partial charge in [0, 0.05) is 5.56 Å². The van der Waals surface area contributed by atoms with Crippen molar-refractivity contribution in [2.24, 2.45) is 15.9 Å². The molecule has 0 saturated heterocycles. The Labute approximate surface area is 126 Å². The smallest absolute Gasteiger partial charge is 0.280 e. The van der Waals surface area contributed by atoms with Crippen LogP contribution in [0.1, 0.15) is 10.4 Å². The highest BCUT2D eigenvalue weighted by Crippen LogP contribution is 2.15. The van der Waals surface area contributed by atoms with E-state index in [0.29, 0.717) is 17.0 Å². The Morgan fingerprint density at radius 3 is 2.77 bits per heavy atom. The first kappa shape index (κ1) is 13.9. The number of amides is 2. The average Bonchev–Trinajstić information content (AvgIpc) is 2.55. The van der Waals surface area contributed by atoms with Crippen molar-refractivity contribution in [3.63, 3.8) is 0 Å². The molecule has 1 aliphatic carbocycles. The van der Waals surface area contributed by atoms with Gasteiger partial charge in [-0.05, 0) is 30.3 Å². The zero-order valence-electron chi connectivity index (χ0n) is 11.8. The molecular weight excluding hydrogens is 282 g/mol. The van der Waals surface area contributed by atoms with Gasteiger partial charge in [0.2, 0.25) is 11.9 Å². The number of benzene rings is 1. The Kier molecular flexibility index (Phi) is 3.65. The molecule has 6 nitrogen and oxygen atoms in total. The van der Waals surface area contributed by atoms with Crippen LogP contribution in [0.15, 0.2) is 58.6 Å². The maximum absolute atomic E-state index is 12.1. The van der Waals surface area contributed by atoms with Crippen molar-refractivity contribution >= 4 is 23.5 Å². The molecule has 2 amide bonds. The molecule has 1 aliphatic heterocycles. The number of ether oxygens (including phenoxy) is 1. The van der Waals surface area contributed by atoms with Gasteiger partial charge in [-0.25, -0.2) is 4.99 Å². The Hall–Kier alpha value is -3.02. The molecule has 1 N–H and O–H groups in total. The van der Waals surface area contributed by atoms with Crippen LogP contribution < -0.4 is 10.1 Å². The molecule has 6 heteroatoms. The number of methoxy groups -OCH3 is 1. The van der Waals surface area contributed by atoms with Crippen LogP contribution in [0.3, 0.4) is 0 Å². The Balaban J connectivity index is 1.85. The van der Waals surface area contributed by atoms with Crippen LogP contribution in [0.2, 0.25) is 0 Å². The first-order chi connectivity index (χ1) is 10.7. The highest BCUT2D eigenvalue weighted by Gasteiger charge is 2.27. The molecule has 110 valence electrons. The van der Waals surface area contributed by atoms with Crippen LogP contribution in [-0.2, 0) is 4.79 Å². The summed E-state index contributed by atoms with van der Waals surface area (Å²) in [7, 11) is 1.55. The molecule has 0 bridgehead atoms. The minimum absolute atomic E-state index is 0.0111. The van der Waals surface area contributed by atoms with Gasteiger partial charge in [-0.3, -0.25) is 14.9 Å². The van der Waals surface area contributed by atoms with Gasteiger partial charge >= 0.3 is 0 Å². The normalized spacial score (nSPS) is 21.1. The standard InChI is InChI=1S/C16H13N3O3/c1-22-11-8-6-10(7-9-11)14(20)18-16-17-13-5-3-2-4-12(13)15(21)19-16/h2-9,12H,1H3,(H,18,19,20,21). The number of hydrogen-bond donors (Lipinski definition) is 1. The lowest BCUT2D eigenvalue weighted by molar-refractivity contribution is -0.120. The van der Waals surface area contributed by atoms with E-state index in [1.165, 1.54) is 0 Å². The SMILES string of the molecule is COc1ccc(C(=O)N=C2N=C3C=CC=CC3C(=O)N2)cc1. The van der Waals surface area contributed by atoms with E-state index in [2.05, 4.69) is 15.3 Å². The topological polar surface area (TPSA) is 80.1 Å². The first-order valence-electron chi connectivity index (χ1n) is 6.69. The highest BCUT2D eigenvalue weighted by molar-refractivity contribution is 6.24. The number of rotatable bonds is 2. The van der Waals surface area contributed by atoms with Gasteiger partial charge in [-0.2, -0.15) is 4.99 Å². The maximum atomic E-state index is 12.1. The fourth-order valence-corrected chi connectivity index (χ4v) is 2.15. The molecule has 1 atom stereocenters. The van der Waals surface area contributed by atoms with Crippen LogP contribution in [-0.4, -0.2) is 30.6 Å². The summed E-state index contributed by atoms with van der Waals surface area (Å²) >= 11 is 0. The Morgan fingerprint density at radius 2 is 2.05 bits per heavy atom. The van der Waals surface area contributed by atoms with Gasteiger partial charge in [0.05, 0.1) is 18.7 Å². The largest absolute Gasteiger partial charge is 0.497 e. The molecule has 0 saturated carbocycles. The number of guanidine groups is 1. The number of aliphatic imine (C=N–C) groups is 2. The van der Waals surface area contributed by atoms with E-state index in [0.717, 1.165) is 0 Å². The molecule has 1 heterocycles. The fourth-order valence-electron chi connectivity index (χ4n) is 2.15. The van der Waals surface area contributed by atoms with Crippen LogP contribution >= 0.6 is 0 Å². The lowest BCUT2D eigenvalue weighted by Crippen LogP contribution is -2.43. The van der Waals surface area contributed by atoms with Gasteiger partial charge < -0.3 is 4.74 Å². The van der Waals surface area contributed by atoms with E-state index in [1.807, 2.05) is 0 Å². The summed E-state index contributed by atoms with van der Waals surface area (Å²) in [5.41, 5.74) is 0.969. The van der Waals surface area contributed by atoms with Crippen LogP contribution in [0, 0.1) is 5.92 Å². The minimum Gasteiger partial charge on any atom is -0.497 e. The van der Waals surface area contributed by atoms with E-state index in [9.17, 15) is 9.59 Å². The summed E-state index contributed by atoms with van der Waals surface area (Å²) < 4.78 is 5.03.